The Hall–Kier alpha value is -1.20. The summed E-state index contributed by atoms with van der Waals surface area (Å²) in [5, 5.41) is 5.88. The third-order valence-electron chi connectivity index (χ3n) is 2.68. The number of hydrogen-bond donors (Lipinski definition) is 2. The lowest BCUT2D eigenvalue weighted by Gasteiger charge is -2.07. The van der Waals surface area contributed by atoms with Crippen LogP contribution in [0.1, 0.15) is 25.3 Å². The molecule has 1 rings (SSSR count). The van der Waals surface area contributed by atoms with Crippen LogP contribution in [0.2, 0.25) is 0 Å². The molecule has 0 heterocycles. The largest absolute Gasteiger partial charge is 0.355 e. The van der Waals surface area contributed by atoms with E-state index in [4.69, 9.17) is 0 Å². The molecule has 0 radical (unpaired) electrons. The molecule has 0 spiro atoms. The Morgan fingerprint density at radius 1 is 1.20 bits per heavy atom. The van der Waals surface area contributed by atoms with Crippen LogP contribution in [0.3, 0.4) is 0 Å². The molecule has 2 N–H and O–H groups in total. The Bertz CT molecular complexity index is 416. The summed E-state index contributed by atoms with van der Waals surface area (Å²) in [4.78, 5) is 11.5. The standard InChI is InChI=1S/C14H20F2N2O.ClH/c1-2-7-17-8-9-18-14(19)6-3-11-10-12(15)4-5-13(11)16;/h4-5,10,17H,2-3,6-9H2,1H3,(H,18,19);1H. The van der Waals surface area contributed by atoms with Crippen LogP contribution in [0.5, 0.6) is 0 Å². The summed E-state index contributed by atoms with van der Waals surface area (Å²) in [5.74, 6) is -1.11. The van der Waals surface area contributed by atoms with Gasteiger partial charge in [-0.2, -0.15) is 0 Å². The fourth-order valence-electron chi connectivity index (χ4n) is 1.66. The fraction of sp³-hybridized carbons (Fsp3) is 0.500. The molecule has 1 aromatic carbocycles. The SMILES string of the molecule is CCCNCCNC(=O)CCc1cc(F)ccc1F.Cl. The van der Waals surface area contributed by atoms with Gasteiger partial charge in [0.2, 0.25) is 5.91 Å². The number of carbonyl (C=O) groups excluding carboxylic acids is 1. The molecule has 0 aromatic heterocycles. The van der Waals surface area contributed by atoms with Crippen molar-refractivity contribution in [3.63, 3.8) is 0 Å². The van der Waals surface area contributed by atoms with Crippen molar-refractivity contribution in [2.24, 2.45) is 0 Å². The Morgan fingerprint density at radius 3 is 2.65 bits per heavy atom. The molecule has 0 fully saturated rings. The zero-order chi connectivity index (χ0) is 14.1. The minimum atomic E-state index is -0.486. The van der Waals surface area contributed by atoms with Crippen LogP contribution in [0.4, 0.5) is 8.78 Å². The van der Waals surface area contributed by atoms with Gasteiger partial charge >= 0.3 is 0 Å². The minimum absolute atomic E-state index is 0. The molecule has 0 aliphatic rings. The number of rotatable bonds is 8. The lowest BCUT2D eigenvalue weighted by Crippen LogP contribution is -2.32. The molecule has 0 unspecified atom stereocenters. The lowest BCUT2D eigenvalue weighted by atomic mass is 10.1. The molecule has 0 aliphatic heterocycles. The van der Waals surface area contributed by atoms with Crippen LogP contribution in [-0.4, -0.2) is 25.5 Å². The number of carbonyl (C=O) groups is 1. The number of hydrogen-bond acceptors (Lipinski definition) is 2. The van der Waals surface area contributed by atoms with Gasteiger partial charge < -0.3 is 10.6 Å². The Morgan fingerprint density at radius 2 is 1.95 bits per heavy atom. The summed E-state index contributed by atoms with van der Waals surface area (Å²) < 4.78 is 26.2. The highest BCUT2D eigenvalue weighted by Crippen LogP contribution is 2.11. The van der Waals surface area contributed by atoms with Crippen molar-refractivity contribution in [2.45, 2.75) is 26.2 Å². The smallest absolute Gasteiger partial charge is 0.220 e. The number of nitrogens with one attached hydrogen (secondary N) is 2. The van der Waals surface area contributed by atoms with Gasteiger partial charge in [-0.05, 0) is 43.1 Å². The van der Waals surface area contributed by atoms with Gasteiger partial charge in [0.25, 0.3) is 0 Å². The fourth-order valence-corrected chi connectivity index (χ4v) is 1.66. The van der Waals surface area contributed by atoms with E-state index in [1.807, 2.05) is 0 Å². The molecule has 6 heteroatoms. The van der Waals surface area contributed by atoms with Crippen molar-refractivity contribution in [1.82, 2.24) is 10.6 Å². The maximum Gasteiger partial charge on any atom is 0.220 e. The van der Waals surface area contributed by atoms with E-state index in [0.29, 0.717) is 13.1 Å². The van der Waals surface area contributed by atoms with Crippen molar-refractivity contribution in [3.05, 3.63) is 35.4 Å². The summed E-state index contributed by atoms with van der Waals surface area (Å²) in [7, 11) is 0. The van der Waals surface area contributed by atoms with Crippen LogP contribution in [0.25, 0.3) is 0 Å². The maximum atomic E-state index is 13.3. The van der Waals surface area contributed by atoms with Gasteiger partial charge in [-0.15, -0.1) is 12.4 Å². The summed E-state index contributed by atoms with van der Waals surface area (Å²) in [6.07, 6.45) is 1.42. The monoisotopic (exact) mass is 306 g/mol. The van der Waals surface area contributed by atoms with E-state index in [2.05, 4.69) is 17.6 Å². The summed E-state index contributed by atoms with van der Waals surface area (Å²) in [6, 6.07) is 3.28. The molecule has 114 valence electrons. The Labute approximate surface area is 124 Å². The topological polar surface area (TPSA) is 41.1 Å². The van der Waals surface area contributed by atoms with E-state index in [9.17, 15) is 13.6 Å². The first kappa shape index (κ1) is 18.8. The van der Waals surface area contributed by atoms with E-state index >= 15 is 0 Å². The maximum absolute atomic E-state index is 13.3. The molecule has 20 heavy (non-hydrogen) atoms. The third kappa shape index (κ3) is 7.40. The van der Waals surface area contributed by atoms with Gasteiger partial charge in [-0.3, -0.25) is 4.79 Å². The lowest BCUT2D eigenvalue weighted by molar-refractivity contribution is -0.121. The van der Waals surface area contributed by atoms with E-state index in [1.165, 1.54) is 0 Å². The Kier molecular flexibility index (Phi) is 9.94. The molecule has 0 atom stereocenters. The average molecular weight is 307 g/mol. The molecule has 0 bridgehead atoms. The molecule has 3 nitrogen and oxygen atoms in total. The highest BCUT2D eigenvalue weighted by Gasteiger charge is 2.07. The molecular weight excluding hydrogens is 286 g/mol. The predicted octanol–water partition coefficient (Wildman–Crippen LogP) is 2.44. The molecule has 1 amide bonds. The predicted molar refractivity (Wildman–Crippen MR) is 78.1 cm³/mol. The van der Waals surface area contributed by atoms with Gasteiger partial charge in [0.05, 0.1) is 0 Å². The van der Waals surface area contributed by atoms with Crippen molar-refractivity contribution < 1.29 is 13.6 Å². The third-order valence-corrected chi connectivity index (χ3v) is 2.68. The first-order valence-corrected chi connectivity index (χ1v) is 6.54. The first-order chi connectivity index (χ1) is 9.13. The van der Waals surface area contributed by atoms with Crippen molar-refractivity contribution in [2.75, 3.05) is 19.6 Å². The molecular formula is C14H21ClF2N2O. The highest BCUT2D eigenvalue weighted by molar-refractivity contribution is 5.85. The average Bonchev–Trinajstić information content (AvgIpc) is 2.39. The highest BCUT2D eigenvalue weighted by atomic mass is 35.5. The van der Waals surface area contributed by atoms with Gasteiger partial charge in [-0.1, -0.05) is 6.92 Å². The minimum Gasteiger partial charge on any atom is -0.355 e. The van der Waals surface area contributed by atoms with Crippen LogP contribution >= 0.6 is 12.4 Å². The number of amides is 1. The van der Waals surface area contributed by atoms with Crippen molar-refractivity contribution in [1.29, 1.82) is 0 Å². The normalized spacial score (nSPS) is 9.95. The van der Waals surface area contributed by atoms with Crippen LogP contribution in [0.15, 0.2) is 18.2 Å². The quantitative estimate of drug-likeness (QED) is 0.724. The van der Waals surface area contributed by atoms with Gasteiger partial charge in [-0.25, -0.2) is 8.78 Å². The summed E-state index contributed by atoms with van der Waals surface area (Å²) in [5.41, 5.74) is 0.235. The van der Waals surface area contributed by atoms with Crippen molar-refractivity contribution >= 4 is 18.3 Å². The number of halogens is 3. The van der Waals surface area contributed by atoms with Crippen LogP contribution in [0, 0.1) is 11.6 Å². The van der Waals surface area contributed by atoms with E-state index in [-0.39, 0.29) is 36.7 Å². The van der Waals surface area contributed by atoms with E-state index in [0.717, 1.165) is 31.2 Å². The zero-order valence-electron chi connectivity index (χ0n) is 11.5. The van der Waals surface area contributed by atoms with Gasteiger partial charge in [0, 0.05) is 19.5 Å². The van der Waals surface area contributed by atoms with Crippen LogP contribution in [-0.2, 0) is 11.2 Å². The molecule has 0 aliphatic carbocycles. The number of benzene rings is 1. The van der Waals surface area contributed by atoms with E-state index in [1.54, 1.807) is 0 Å². The second-order valence-electron chi connectivity index (χ2n) is 4.34. The van der Waals surface area contributed by atoms with Crippen LogP contribution < -0.4 is 10.6 Å². The summed E-state index contributed by atoms with van der Waals surface area (Å²) in [6.45, 7) is 4.25. The molecule has 0 saturated heterocycles. The van der Waals surface area contributed by atoms with E-state index < -0.39 is 11.6 Å². The molecule has 0 saturated carbocycles. The summed E-state index contributed by atoms with van der Waals surface area (Å²) >= 11 is 0. The number of aryl methyl sites for hydroxylation is 1. The second kappa shape index (κ2) is 10.6. The second-order valence-corrected chi connectivity index (χ2v) is 4.34. The molecule has 1 aromatic rings. The zero-order valence-corrected chi connectivity index (χ0v) is 12.4. The first-order valence-electron chi connectivity index (χ1n) is 6.54. The van der Waals surface area contributed by atoms with Gasteiger partial charge in [0.1, 0.15) is 11.6 Å². The Balaban J connectivity index is 0.00000361. The van der Waals surface area contributed by atoms with Gasteiger partial charge in [0.15, 0.2) is 0 Å². The van der Waals surface area contributed by atoms with Crippen molar-refractivity contribution in [3.8, 4) is 0 Å².